The van der Waals surface area contributed by atoms with E-state index in [2.05, 4.69) is 79.8 Å². The predicted octanol–water partition coefficient (Wildman–Crippen LogP) is 4.16. The van der Waals surface area contributed by atoms with Crippen molar-refractivity contribution in [2.75, 3.05) is 0 Å². The Bertz CT molecular complexity index is 804. The Kier molecular flexibility index (Phi) is 3.46. The predicted molar refractivity (Wildman–Crippen MR) is 87.2 cm³/mol. The topological polar surface area (TPSA) is 16.8 Å². The third-order valence-electron chi connectivity index (χ3n) is 4.13. The van der Waals surface area contributed by atoms with E-state index in [4.69, 9.17) is 0 Å². The van der Waals surface area contributed by atoms with E-state index in [1.54, 1.807) is 0 Å². The fraction of sp³-hybridized carbons (Fsp3) is 0.263. The highest BCUT2D eigenvalue weighted by Crippen LogP contribution is 2.23. The van der Waals surface area contributed by atoms with E-state index in [0.717, 1.165) is 5.52 Å². The monoisotopic (exact) mass is 277 g/mol. The lowest BCUT2D eigenvalue weighted by atomic mass is 10.0. The zero-order valence-corrected chi connectivity index (χ0v) is 13.1. The van der Waals surface area contributed by atoms with E-state index in [1.807, 2.05) is 6.20 Å². The quantitative estimate of drug-likeness (QED) is 0.643. The van der Waals surface area contributed by atoms with Crippen LogP contribution in [0.4, 0.5) is 0 Å². The number of fused-ring (bicyclic) bond motifs is 1. The molecule has 0 amide bonds. The van der Waals surface area contributed by atoms with Crippen molar-refractivity contribution in [3.05, 3.63) is 59.8 Å². The van der Waals surface area contributed by atoms with Gasteiger partial charge in [0.2, 0.25) is 11.2 Å². The minimum atomic E-state index is 0.490. The molecule has 0 saturated heterocycles. The lowest BCUT2D eigenvalue weighted by molar-refractivity contribution is -0.633. The van der Waals surface area contributed by atoms with Crippen molar-refractivity contribution in [2.45, 2.75) is 26.7 Å². The molecule has 0 aliphatic heterocycles. The summed E-state index contributed by atoms with van der Waals surface area (Å²) in [7, 11) is 2.12. The molecule has 2 heteroatoms. The van der Waals surface area contributed by atoms with Gasteiger partial charge < -0.3 is 0 Å². The van der Waals surface area contributed by atoms with Crippen LogP contribution in [0.2, 0.25) is 0 Å². The third kappa shape index (κ3) is 2.42. The van der Waals surface area contributed by atoms with E-state index >= 15 is 0 Å². The Balaban J connectivity index is 2.26. The van der Waals surface area contributed by atoms with Crippen molar-refractivity contribution in [3.8, 4) is 11.3 Å². The van der Waals surface area contributed by atoms with Gasteiger partial charge in [0.05, 0.1) is 0 Å². The summed E-state index contributed by atoms with van der Waals surface area (Å²) < 4.78 is 2.25. The lowest BCUT2D eigenvalue weighted by Gasteiger charge is -2.08. The van der Waals surface area contributed by atoms with E-state index in [1.165, 1.54) is 27.9 Å². The average Bonchev–Trinajstić information content (AvgIpc) is 2.48. The van der Waals surface area contributed by atoms with Crippen LogP contribution < -0.4 is 4.57 Å². The summed E-state index contributed by atoms with van der Waals surface area (Å²) in [5.74, 6) is 0.490. The number of aryl methyl sites for hydroxylation is 2. The first-order valence-electron chi connectivity index (χ1n) is 7.42. The molecule has 3 aromatic rings. The van der Waals surface area contributed by atoms with Crippen molar-refractivity contribution in [1.29, 1.82) is 0 Å². The first-order chi connectivity index (χ1) is 10.1. The smallest absolute Gasteiger partial charge is 0.231 e. The van der Waals surface area contributed by atoms with Gasteiger partial charge in [0.15, 0.2) is 0 Å². The number of hydrogen-bond donors (Lipinski definition) is 0. The second-order valence-corrected chi connectivity index (χ2v) is 5.92. The number of benzene rings is 1. The highest BCUT2D eigenvalue weighted by molar-refractivity contribution is 5.74. The van der Waals surface area contributed by atoms with Gasteiger partial charge in [-0.3, -0.25) is 0 Å². The SMILES string of the molecule is Cc1ccccc1-c1ccc2ncc(C(C)C)cc2[n+]1C. The number of aromatic nitrogens is 2. The molecule has 2 heterocycles. The Hall–Kier alpha value is -2.22. The maximum absolute atomic E-state index is 4.60. The maximum atomic E-state index is 4.60. The van der Waals surface area contributed by atoms with Gasteiger partial charge in [0.1, 0.15) is 12.6 Å². The molecule has 0 aliphatic rings. The minimum absolute atomic E-state index is 0.490. The molecule has 0 radical (unpaired) electrons. The van der Waals surface area contributed by atoms with Crippen molar-refractivity contribution < 1.29 is 4.57 Å². The van der Waals surface area contributed by atoms with E-state index in [9.17, 15) is 0 Å². The van der Waals surface area contributed by atoms with Crippen molar-refractivity contribution in [3.63, 3.8) is 0 Å². The molecule has 2 nitrogen and oxygen atoms in total. The highest BCUT2D eigenvalue weighted by Gasteiger charge is 2.16. The molecule has 2 aromatic heterocycles. The molecule has 0 aliphatic carbocycles. The molecule has 0 atom stereocenters. The Labute approximate surface area is 126 Å². The van der Waals surface area contributed by atoms with Crippen molar-refractivity contribution in [2.24, 2.45) is 7.05 Å². The summed E-state index contributed by atoms with van der Waals surface area (Å²) in [5, 5.41) is 0. The molecule has 0 spiro atoms. The molecule has 0 bridgehead atoms. The van der Waals surface area contributed by atoms with Gasteiger partial charge in [-0.05, 0) is 36.1 Å². The van der Waals surface area contributed by atoms with Crippen LogP contribution in [-0.4, -0.2) is 4.98 Å². The molecule has 0 fully saturated rings. The summed E-state index contributed by atoms with van der Waals surface area (Å²) in [6.45, 7) is 6.56. The molecule has 0 saturated carbocycles. The summed E-state index contributed by atoms with van der Waals surface area (Å²) in [4.78, 5) is 4.60. The van der Waals surface area contributed by atoms with Gasteiger partial charge in [0, 0.05) is 23.9 Å². The van der Waals surface area contributed by atoms with Crippen LogP contribution >= 0.6 is 0 Å². The number of nitrogens with zero attached hydrogens (tertiary/aromatic N) is 2. The lowest BCUT2D eigenvalue weighted by Crippen LogP contribution is -2.32. The van der Waals surface area contributed by atoms with Gasteiger partial charge in [-0.15, -0.1) is 0 Å². The largest absolute Gasteiger partial charge is 0.250 e. The third-order valence-corrected chi connectivity index (χ3v) is 4.13. The Morgan fingerprint density at radius 2 is 1.81 bits per heavy atom. The van der Waals surface area contributed by atoms with Crippen molar-refractivity contribution in [1.82, 2.24) is 4.98 Å². The summed E-state index contributed by atoms with van der Waals surface area (Å²) in [6, 6.07) is 15.0. The fourth-order valence-corrected chi connectivity index (χ4v) is 2.72. The highest BCUT2D eigenvalue weighted by atomic mass is 14.9. The first-order valence-corrected chi connectivity index (χ1v) is 7.42. The second-order valence-electron chi connectivity index (χ2n) is 5.92. The summed E-state index contributed by atoms with van der Waals surface area (Å²) in [6.07, 6.45) is 1.99. The minimum Gasteiger partial charge on any atom is -0.250 e. The number of pyridine rings is 2. The van der Waals surface area contributed by atoms with Gasteiger partial charge in [-0.1, -0.05) is 32.0 Å². The van der Waals surface area contributed by atoms with Crippen LogP contribution in [0.5, 0.6) is 0 Å². The van der Waals surface area contributed by atoms with Gasteiger partial charge in [0.25, 0.3) is 0 Å². The second kappa shape index (κ2) is 5.28. The van der Waals surface area contributed by atoms with Crippen LogP contribution in [-0.2, 0) is 7.05 Å². The fourth-order valence-electron chi connectivity index (χ4n) is 2.72. The maximum Gasteiger partial charge on any atom is 0.231 e. The van der Waals surface area contributed by atoms with Crippen LogP contribution in [0.3, 0.4) is 0 Å². The molecule has 0 N–H and O–H groups in total. The molecular formula is C19H21N2+. The normalized spacial score (nSPS) is 11.3. The molecule has 0 unspecified atom stereocenters. The first kappa shape index (κ1) is 13.7. The van der Waals surface area contributed by atoms with Gasteiger partial charge in [-0.2, -0.15) is 4.57 Å². The van der Waals surface area contributed by atoms with Crippen LogP contribution in [0.1, 0.15) is 30.9 Å². The zero-order chi connectivity index (χ0) is 15.0. The van der Waals surface area contributed by atoms with E-state index in [-0.39, 0.29) is 0 Å². The molecule has 106 valence electrons. The molecule has 1 aromatic carbocycles. The van der Waals surface area contributed by atoms with Gasteiger partial charge in [-0.25, -0.2) is 4.98 Å². The number of hydrogen-bond acceptors (Lipinski definition) is 1. The van der Waals surface area contributed by atoms with Gasteiger partial charge >= 0.3 is 0 Å². The molecule has 21 heavy (non-hydrogen) atoms. The average molecular weight is 277 g/mol. The summed E-state index contributed by atoms with van der Waals surface area (Å²) in [5.41, 5.74) is 7.29. The molecule has 3 rings (SSSR count). The summed E-state index contributed by atoms with van der Waals surface area (Å²) >= 11 is 0. The van der Waals surface area contributed by atoms with Crippen molar-refractivity contribution >= 4 is 11.0 Å². The zero-order valence-electron chi connectivity index (χ0n) is 13.1. The Morgan fingerprint density at radius 1 is 1.05 bits per heavy atom. The van der Waals surface area contributed by atoms with Crippen LogP contribution in [0, 0.1) is 6.92 Å². The standard InChI is InChI=1S/C19H21N2/c1-13(2)15-11-19-17(20-12-15)9-10-18(21(19)4)16-8-6-5-7-14(16)3/h5-13H,1-4H3/q+1. The van der Waals surface area contributed by atoms with E-state index < -0.39 is 0 Å². The van der Waals surface area contributed by atoms with Crippen LogP contribution in [0.25, 0.3) is 22.3 Å². The Morgan fingerprint density at radius 3 is 2.52 bits per heavy atom. The van der Waals surface area contributed by atoms with Crippen LogP contribution in [0.15, 0.2) is 48.7 Å². The van der Waals surface area contributed by atoms with E-state index in [0.29, 0.717) is 5.92 Å². The molecular weight excluding hydrogens is 256 g/mol. The number of rotatable bonds is 2.